The third-order valence-electron chi connectivity index (χ3n) is 4.29. The zero-order valence-corrected chi connectivity index (χ0v) is 10.2. The number of nitrogens with one attached hydrogen (secondary N) is 1. The fourth-order valence-corrected chi connectivity index (χ4v) is 2.38. The molecule has 0 aromatic carbocycles. The number of amides is 2. The first-order chi connectivity index (χ1) is 8.05. The van der Waals surface area contributed by atoms with E-state index in [0.29, 0.717) is 18.9 Å². The topological polar surface area (TPSA) is 69.6 Å². The number of urea groups is 1. The molecule has 0 saturated heterocycles. The van der Waals surface area contributed by atoms with Gasteiger partial charge in [-0.1, -0.05) is 6.42 Å². The van der Waals surface area contributed by atoms with Crippen molar-refractivity contribution in [2.45, 2.75) is 44.6 Å². The molecule has 0 radical (unpaired) electrons. The van der Waals surface area contributed by atoms with Crippen molar-refractivity contribution in [1.82, 2.24) is 10.2 Å². The Morgan fingerprint density at radius 2 is 2.00 bits per heavy atom. The highest BCUT2D eigenvalue weighted by atomic mass is 16.4. The molecule has 0 aromatic rings. The average Bonchev–Trinajstić information content (AvgIpc) is 2.12. The van der Waals surface area contributed by atoms with E-state index in [4.69, 9.17) is 5.11 Å². The van der Waals surface area contributed by atoms with Crippen LogP contribution < -0.4 is 5.32 Å². The number of aliphatic carboxylic acids is 1. The van der Waals surface area contributed by atoms with E-state index in [0.717, 1.165) is 19.3 Å². The summed E-state index contributed by atoms with van der Waals surface area (Å²) in [5, 5.41) is 11.9. The molecule has 0 aliphatic heterocycles. The number of nitrogens with zero attached hydrogens (tertiary/aromatic N) is 1. The highest BCUT2D eigenvalue weighted by Gasteiger charge is 2.44. The van der Waals surface area contributed by atoms with Gasteiger partial charge >= 0.3 is 12.0 Å². The third-order valence-corrected chi connectivity index (χ3v) is 4.29. The Labute approximate surface area is 101 Å². The van der Waals surface area contributed by atoms with Gasteiger partial charge < -0.3 is 15.3 Å². The lowest BCUT2D eigenvalue weighted by atomic mass is 9.69. The summed E-state index contributed by atoms with van der Waals surface area (Å²) >= 11 is 0. The van der Waals surface area contributed by atoms with Crippen LogP contribution in [0, 0.1) is 5.41 Å². The third kappa shape index (κ3) is 2.23. The van der Waals surface area contributed by atoms with Gasteiger partial charge in [0.15, 0.2) is 0 Å². The highest BCUT2D eigenvalue weighted by Crippen LogP contribution is 2.40. The second-order valence-corrected chi connectivity index (χ2v) is 5.29. The highest BCUT2D eigenvalue weighted by molar-refractivity contribution is 5.79. The van der Waals surface area contributed by atoms with Gasteiger partial charge in [-0.05, 0) is 32.1 Å². The minimum absolute atomic E-state index is 0.137. The van der Waals surface area contributed by atoms with Gasteiger partial charge in [-0.25, -0.2) is 4.79 Å². The van der Waals surface area contributed by atoms with Crippen molar-refractivity contribution in [3.05, 3.63) is 0 Å². The molecule has 0 spiro atoms. The zero-order valence-electron chi connectivity index (χ0n) is 10.2. The monoisotopic (exact) mass is 240 g/mol. The van der Waals surface area contributed by atoms with Crippen LogP contribution >= 0.6 is 0 Å². The normalized spacial score (nSPS) is 22.2. The fraction of sp³-hybridized carbons (Fsp3) is 0.833. The lowest BCUT2D eigenvalue weighted by Gasteiger charge is -2.39. The summed E-state index contributed by atoms with van der Waals surface area (Å²) in [6.07, 6.45) is 5.61. The number of carboxylic acid groups (broad SMARTS) is 1. The Hall–Kier alpha value is -1.26. The molecule has 2 saturated carbocycles. The summed E-state index contributed by atoms with van der Waals surface area (Å²) in [5.41, 5.74) is -0.698. The molecular formula is C12H20N2O3. The quantitative estimate of drug-likeness (QED) is 0.781. The Kier molecular flexibility index (Phi) is 3.26. The molecule has 0 heterocycles. The van der Waals surface area contributed by atoms with Crippen LogP contribution in [0.2, 0.25) is 0 Å². The van der Waals surface area contributed by atoms with Crippen molar-refractivity contribution < 1.29 is 14.7 Å². The number of carbonyl (C=O) groups excluding carboxylic acids is 1. The molecule has 2 fully saturated rings. The number of rotatable bonds is 4. The fourth-order valence-electron chi connectivity index (χ4n) is 2.38. The van der Waals surface area contributed by atoms with Crippen LogP contribution in [0.15, 0.2) is 0 Å². The van der Waals surface area contributed by atoms with Crippen molar-refractivity contribution in [2.24, 2.45) is 5.41 Å². The summed E-state index contributed by atoms with van der Waals surface area (Å²) in [5.74, 6) is -0.782. The Bertz CT molecular complexity index is 322. The van der Waals surface area contributed by atoms with Gasteiger partial charge in [-0.3, -0.25) is 4.79 Å². The summed E-state index contributed by atoms with van der Waals surface area (Å²) in [7, 11) is 1.79. The molecule has 2 rings (SSSR count). The van der Waals surface area contributed by atoms with Crippen molar-refractivity contribution in [1.29, 1.82) is 0 Å². The Morgan fingerprint density at radius 1 is 1.35 bits per heavy atom. The van der Waals surface area contributed by atoms with Crippen LogP contribution in [0.3, 0.4) is 0 Å². The van der Waals surface area contributed by atoms with Crippen molar-refractivity contribution in [3.63, 3.8) is 0 Å². The van der Waals surface area contributed by atoms with Gasteiger partial charge in [0, 0.05) is 19.6 Å². The van der Waals surface area contributed by atoms with Gasteiger partial charge in [-0.15, -0.1) is 0 Å². The number of hydrogen-bond donors (Lipinski definition) is 2. The SMILES string of the molecule is CN(C(=O)NCC1(C(=O)O)CCC1)C1CCC1. The maximum atomic E-state index is 11.8. The first kappa shape index (κ1) is 12.2. The molecule has 0 atom stereocenters. The van der Waals surface area contributed by atoms with E-state index in [9.17, 15) is 9.59 Å². The van der Waals surface area contributed by atoms with E-state index >= 15 is 0 Å². The van der Waals surface area contributed by atoms with Gasteiger partial charge in [0.25, 0.3) is 0 Å². The van der Waals surface area contributed by atoms with Gasteiger partial charge in [0.2, 0.25) is 0 Å². The molecule has 0 unspecified atom stereocenters. The van der Waals surface area contributed by atoms with Crippen LogP contribution in [0.25, 0.3) is 0 Å². The first-order valence-electron chi connectivity index (χ1n) is 6.29. The average molecular weight is 240 g/mol. The van der Waals surface area contributed by atoms with Crippen LogP contribution in [0.1, 0.15) is 38.5 Å². The molecule has 5 nitrogen and oxygen atoms in total. The second kappa shape index (κ2) is 4.55. The second-order valence-electron chi connectivity index (χ2n) is 5.29. The molecule has 2 aliphatic rings. The number of carbonyl (C=O) groups is 2. The molecule has 0 aromatic heterocycles. The van der Waals surface area contributed by atoms with Crippen LogP contribution in [0.5, 0.6) is 0 Å². The maximum Gasteiger partial charge on any atom is 0.317 e. The van der Waals surface area contributed by atoms with Crippen LogP contribution in [-0.2, 0) is 4.79 Å². The van der Waals surface area contributed by atoms with E-state index in [1.807, 2.05) is 0 Å². The van der Waals surface area contributed by atoms with E-state index in [1.165, 1.54) is 6.42 Å². The van der Waals surface area contributed by atoms with Gasteiger partial charge in [0.05, 0.1) is 5.41 Å². The number of hydrogen-bond acceptors (Lipinski definition) is 2. The summed E-state index contributed by atoms with van der Waals surface area (Å²) in [4.78, 5) is 24.6. The summed E-state index contributed by atoms with van der Waals surface area (Å²) in [6, 6.07) is 0.208. The minimum atomic E-state index is -0.782. The first-order valence-corrected chi connectivity index (χ1v) is 6.29. The van der Waals surface area contributed by atoms with E-state index in [-0.39, 0.29) is 12.6 Å². The summed E-state index contributed by atoms with van der Waals surface area (Å²) in [6.45, 7) is 0.262. The molecule has 17 heavy (non-hydrogen) atoms. The van der Waals surface area contributed by atoms with Crippen LogP contribution in [0.4, 0.5) is 4.79 Å². The van der Waals surface area contributed by atoms with Crippen LogP contribution in [-0.4, -0.2) is 41.6 Å². The molecule has 2 N–H and O–H groups in total. The smallest absolute Gasteiger partial charge is 0.317 e. The van der Waals surface area contributed by atoms with Gasteiger partial charge in [-0.2, -0.15) is 0 Å². The zero-order chi connectivity index (χ0) is 12.5. The van der Waals surface area contributed by atoms with Gasteiger partial charge in [0.1, 0.15) is 0 Å². The largest absolute Gasteiger partial charge is 0.481 e. The van der Waals surface area contributed by atoms with E-state index < -0.39 is 11.4 Å². The molecule has 2 amide bonds. The standard InChI is InChI=1S/C12H20N2O3/c1-14(9-4-2-5-9)11(17)13-8-12(10(15)16)6-3-7-12/h9H,2-8H2,1H3,(H,13,17)(H,15,16). The van der Waals surface area contributed by atoms with Crippen molar-refractivity contribution in [3.8, 4) is 0 Å². The molecule has 0 bridgehead atoms. The lowest BCUT2D eigenvalue weighted by Crippen LogP contribution is -2.52. The predicted molar refractivity (Wildman–Crippen MR) is 62.7 cm³/mol. The number of carboxylic acids is 1. The summed E-state index contributed by atoms with van der Waals surface area (Å²) < 4.78 is 0. The maximum absolute atomic E-state index is 11.8. The minimum Gasteiger partial charge on any atom is -0.481 e. The molecule has 5 heteroatoms. The van der Waals surface area contributed by atoms with E-state index in [1.54, 1.807) is 11.9 Å². The molecule has 2 aliphatic carbocycles. The molecular weight excluding hydrogens is 220 g/mol. The Balaban J connectivity index is 1.80. The van der Waals surface area contributed by atoms with E-state index in [2.05, 4.69) is 5.32 Å². The van der Waals surface area contributed by atoms with Crippen molar-refractivity contribution in [2.75, 3.05) is 13.6 Å². The molecule has 96 valence electrons. The Morgan fingerprint density at radius 3 is 2.35 bits per heavy atom. The lowest BCUT2D eigenvalue weighted by molar-refractivity contribution is -0.153. The van der Waals surface area contributed by atoms with Crippen molar-refractivity contribution >= 4 is 12.0 Å². The predicted octanol–water partition coefficient (Wildman–Crippen LogP) is 1.44.